The quantitative estimate of drug-likeness (QED) is 0.754. The molecule has 0 unspecified atom stereocenters. The van der Waals surface area contributed by atoms with Gasteiger partial charge in [0.15, 0.2) is 0 Å². The van der Waals surface area contributed by atoms with Crippen LogP contribution in [0.2, 0.25) is 0 Å². The molecular weight excluding hydrogens is 432 g/mol. The maximum Gasteiger partial charge on any atom is 0.255 e. The molecular formula is C19H21BrN2O4S. The van der Waals surface area contributed by atoms with Gasteiger partial charge in [0.2, 0.25) is 10.0 Å². The molecule has 1 amide bonds. The number of morpholine rings is 1. The van der Waals surface area contributed by atoms with Crippen LogP contribution in [0.1, 0.15) is 22.8 Å². The summed E-state index contributed by atoms with van der Waals surface area (Å²) >= 11 is 3.39. The number of nitrogens with zero attached hydrogens (tertiary/aromatic N) is 1. The van der Waals surface area contributed by atoms with E-state index in [1.54, 1.807) is 18.2 Å². The lowest BCUT2D eigenvalue weighted by Crippen LogP contribution is -2.41. The SMILES string of the molecule is CCc1ccc(C(=O)Nc2ccccc2Br)cc1S(=O)(=O)N1CCOCC1. The lowest BCUT2D eigenvalue weighted by molar-refractivity contribution is 0.0730. The van der Waals surface area contributed by atoms with Crippen LogP contribution in [-0.2, 0) is 21.2 Å². The Labute approximate surface area is 167 Å². The van der Waals surface area contributed by atoms with E-state index in [0.717, 1.165) is 4.47 Å². The van der Waals surface area contributed by atoms with Crippen LogP contribution in [0.4, 0.5) is 5.69 Å². The molecule has 0 bridgehead atoms. The van der Waals surface area contributed by atoms with Gasteiger partial charge < -0.3 is 10.1 Å². The van der Waals surface area contributed by atoms with E-state index in [-0.39, 0.29) is 10.8 Å². The second-order valence-corrected chi connectivity index (χ2v) is 8.89. The van der Waals surface area contributed by atoms with Gasteiger partial charge in [0.1, 0.15) is 0 Å². The van der Waals surface area contributed by atoms with Gasteiger partial charge in [-0.25, -0.2) is 8.42 Å². The molecule has 0 atom stereocenters. The van der Waals surface area contributed by atoms with Crippen LogP contribution < -0.4 is 5.32 Å². The van der Waals surface area contributed by atoms with Gasteiger partial charge in [-0.2, -0.15) is 4.31 Å². The Morgan fingerprint density at radius 3 is 2.56 bits per heavy atom. The van der Waals surface area contributed by atoms with Crippen LogP contribution in [0, 0.1) is 0 Å². The van der Waals surface area contributed by atoms with Crippen LogP contribution in [0.3, 0.4) is 0 Å². The standard InChI is InChI=1S/C19H21BrN2O4S/c1-2-14-7-8-15(19(23)21-17-6-4-3-5-16(17)20)13-18(14)27(24,25)22-9-11-26-12-10-22/h3-8,13H,2,9-12H2,1H3,(H,21,23). The van der Waals surface area contributed by atoms with E-state index in [2.05, 4.69) is 21.2 Å². The van der Waals surface area contributed by atoms with E-state index in [1.165, 1.54) is 10.4 Å². The number of carbonyl (C=O) groups is 1. The molecule has 2 aromatic carbocycles. The molecule has 1 N–H and O–H groups in total. The highest BCUT2D eigenvalue weighted by Crippen LogP contribution is 2.25. The van der Waals surface area contributed by atoms with Crippen molar-refractivity contribution in [3.05, 3.63) is 58.1 Å². The molecule has 0 saturated carbocycles. The summed E-state index contributed by atoms with van der Waals surface area (Å²) in [6.45, 7) is 3.29. The molecule has 27 heavy (non-hydrogen) atoms. The van der Waals surface area contributed by atoms with Gasteiger partial charge in [0, 0.05) is 23.1 Å². The van der Waals surface area contributed by atoms with E-state index in [9.17, 15) is 13.2 Å². The number of nitrogens with one attached hydrogen (secondary N) is 1. The maximum absolute atomic E-state index is 13.1. The number of para-hydroxylation sites is 1. The summed E-state index contributed by atoms with van der Waals surface area (Å²) in [4.78, 5) is 12.8. The third-order valence-electron chi connectivity index (χ3n) is 4.42. The summed E-state index contributed by atoms with van der Waals surface area (Å²) in [5, 5.41) is 2.81. The molecule has 3 rings (SSSR count). The fourth-order valence-electron chi connectivity index (χ4n) is 2.91. The first kappa shape index (κ1) is 20.0. The smallest absolute Gasteiger partial charge is 0.255 e. The van der Waals surface area contributed by atoms with Crippen molar-refractivity contribution in [3.63, 3.8) is 0 Å². The molecule has 1 fully saturated rings. The zero-order valence-corrected chi connectivity index (χ0v) is 17.3. The first-order valence-electron chi connectivity index (χ1n) is 8.70. The second kappa shape index (κ2) is 8.52. The number of carbonyl (C=O) groups excluding carboxylic acids is 1. The first-order valence-corrected chi connectivity index (χ1v) is 10.9. The van der Waals surface area contributed by atoms with Gasteiger partial charge in [0.25, 0.3) is 5.91 Å². The van der Waals surface area contributed by atoms with Crippen molar-refractivity contribution in [1.29, 1.82) is 0 Å². The highest BCUT2D eigenvalue weighted by Gasteiger charge is 2.29. The minimum absolute atomic E-state index is 0.187. The van der Waals surface area contributed by atoms with Crippen molar-refractivity contribution >= 4 is 37.5 Å². The molecule has 1 aliphatic heterocycles. The molecule has 2 aromatic rings. The third kappa shape index (κ3) is 4.40. The predicted octanol–water partition coefficient (Wildman–Crippen LogP) is 3.28. The van der Waals surface area contributed by atoms with Crippen molar-refractivity contribution in [3.8, 4) is 0 Å². The number of aryl methyl sites for hydroxylation is 1. The molecule has 6 nitrogen and oxygen atoms in total. The van der Waals surface area contributed by atoms with Crippen molar-refractivity contribution in [2.24, 2.45) is 0 Å². The van der Waals surface area contributed by atoms with E-state index in [1.807, 2.05) is 25.1 Å². The number of halogens is 1. The largest absolute Gasteiger partial charge is 0.379 e. The maximum atomic E-state index is 13.1. The van der Waals surface area contributed by atoms with Crippen LogP contribution in [-0.4, -0.2) is 44.9 Å². The van der Waals surface area contributed by atoms with Crippen molar-refractivity contribution < 1.29 is 17.9 Å². The minimum atomic E-state index is -3.68. The molecule has 1 saturated heterocycles. The number of hydrogen-bond acceptors (Lipinski definition) is 4. The fraction of sp³-hybridized carbons (Fsp3) is 0.316. The number of benzene rings is 2. The van der Waals surface area contributed by atoms with Crippen LogP contribution in [0.5, 0.6) is 0 Å². The summed E-state index contributed by atoms with van der Waals surface area (Å²) in [5.74, 6) is -0.358. The summed E-state index contributed by atoms with van der Waals surface area (Å²) < 4.78 is 33.6. The molecule has 8 heteroatoms. The van der Waals surface area contributed by atoms with Gasteiger partial charge in [-0.3, -0.25) is 4.79 Å². The zero-order valence-electron chi connectivity index (χ0n) is 14.9. The molecule has 144 valence electrons. The second-order valence-electron chi connectivity index (χ2n) is 6.13. The summed E-state index contributed by atoms with van der Waals surface area (Å²) in [7, 11) is -3.68. The molecule has 0 spiro atoms. The summed E-state index contributed by atoms with van der Waals surface area (Å²) in [6.07, 6.45) is 0.561. The number of sulfonamides is 1. The van der Waals surface area contributed by atoms with Gasteiger partial charge in [-0.1, -0.05) is 25.1 Å². The van der Waals surface area contributed by atoms with Crippen LogP contribution in [0.25, 0.3) is 0 Å². The highest BCUT2D eigenvalue weighted by molar-refractivity contribution is 9.10. The minimum Gasteiger partial charge on any atom is -0.379 e. The van der Waals surface area contributed by atoms with E-state index < -0.39 is 10.0 Å². The Balaban J connectivity index is 1.93. The summed E-state index contributed by atoms with van der Waals surface area (Å²) in [6, 6.07) is 12.1. The van der Waals surface area contributed by atoms with E-state index in [4.69, 9.17) is 4.74 Å². The van der Waals surface area contributed by atoms with Crippen molar-refractivity contribution in [2.45, 2.75) is 18.2 Å². The fourth-order valence-corrected chi connectivity index (χ4v) is 5.02. The molecule has 0 radical (unpaired) electrons. The highest BCUT2D eigenvalue weighted by atomic mass is 79.9. The lowest BCUT2D eigenvalue weighted by atomic mass is 10.1. The summed E-state index contributed by atoms with van der Waals surface area (Å²) in [5.41, 5.74) is 1.62. The van der Waals surface area contributed by atoms with E-state index in [0.29, 0.717) is 49.5 Å². The Bertz CT molecular complexity index is 940. The lowest BCUT2D eigenvalue weighted by Gasteiger charge is -2.27. The number of hydrogen-bond donors (Lipinski definition) is 1. The van der Waals surface area contributed by atoms with Crippen LogP contribution in [0.15, 0.2) is 51.8 Å². The average Bonchev–Trinajstić information content (AvgIpc) is 2.69. The predicted molar refractivity (Wildman–Crippen MR) is 107 cm³/mol. The molecule has 0 aliphatic carbocycles. The number of ether oxygens (including phenoxy) is 1. The normalized spacial score (nSPS) is 15.5. The third-order valence-corrected chi connectivity index (χ3v) is 7.09. The number of rotatable bonds is 5. The van der Waals surface area contributed by atoms with Crippen molar-refractivity contribution in [2.75, 3.05) is 31.6 Å². The topological polar surface area (TPSA) is 75.7 Å². The average molecular weight is 453 g/mol. The van der Waals surface area contributed by atoms with Gasteiger partial charge in [-0.15, -0.1) is 0 Å². The Hall–Kier alpha value is -1.74. The zero-order chi connectivity index (χ0) is 19.4. The van der Waals surface area contributed by atoms with Gasteiger partial charge in [0.05, 0.1) is 23.8 Å². The number of anilines is 1. The molecule has 0 aromatic heterocycles. The Morgan fingerprint density at radius 2 is 1.89 bits per heavy atom. The molecule has 1 heterocycles. The van der Waals surface area contributed by atoms with Crippen molar-refractivity contribution in [1.82, 2.24) is 4.31 Å². The monoisotopic (exact) mass is 452 g/mol. The number of amides is 1. The van der Waals surface area contributed by atoms with E-state index >= 15 is 0 Å². The first-order chi connectivity index (χ1) is 12.9. The van der Waals surface area contributed by atoms with Gasteiger partial charge >= 0.3 is 0 Å². The van der Waals surface area contributed by atoms with Crippen LogP contribution >= 0.6 is 15.9 Å². The Kier molecular flexibility index (Phi) is 6.31. The Morgan fingerprint density at radius 1 is 1.19 bits per heavy atom. The van der Waals surface area contributed by atoms with Gasteiger partial charge in [-0.05, 0) is 52.2 Å². The molecule has 1 aliphatic rings.